The zero-order valence-electron chi connectivity index (χ0n) is 16.5. The van der Waals surface area contributed by atoms with Gasteiger partial charge < -0.3 is 10.6 Å². The van der Waals surface area contributed by atoms with Crippen LogP contribution in [0.25, 0.3) is 6.08 Å². The number of carbonyl (C=O) groups is 3. The number of halogens is 1. The highest BCUT2D eigenvalue weighted by atomic mass is 35.5. The van der Waals surface area contributed by atoms with Gasteiger partial charge in [-0.25, -0.2) is 9.69 Å². The predicted molar refractivity (Wildman–Crippen MR) is 113 cm³/mol. The molecule has 1 fully saturated rings. The van der Waals surface area contributed by atoms with E-state index in [1.54, 1.807) is 30.3 Å². The van der Waals surface area contributed by atoms with Gasteiger partial charge in [0.1, 0.15) is 12.2 Å². The Labute approximate surface area is 174 Å². The van der Waals surface area contributed by atoms with Crippen molar-refractivity contribution >= 4 is 41.2 Å². The first-order valence-corrected chi connectivity index (χ1v) is 9.52. The molecule has 3 rings (SSSR count). The Kier molecular flexibility index (Phi) is 5.75. The fourth-order valence-corrected chi connectivity index (χ4v) is 2.96. The van der Waals surface area contributed by atoms with Crippen molar-refractivity contribution in [1.82, 2.24) is 10.2 Å². The number of hydrogen-bond acceptors (Lipinski definition) is 3. The van der Waals surface area contributed by atoms with E-state index in [9.17, 15) is 14.4 Å². The van der Waals surface area contributed by atoms with Gasteiger partial charge in [-0.1, -0.05) is 56.6 Å². The Morgan fingerprint density at radius 1 is 1.07 bits per heavy atom. The van der Waals surface area contributed by atoms with Gasteiger partial charge in [-0.15, -0.1) is 0 Å². The number of hydrogen-bond donors (Lipinski definition) is 2. The van der Waals surface area contributed by atoms with Crippen LogP contribution in [-0.4, -0.2) is 29.3 Å². The number of carbonyl (C=O) groups excluding carboxylic acids is 3. The van der Waals surface area contributed by atoms with E-state index in [-0.39, 0.29) is 17.7 Å². The maximum atomic E-state index is 12.6. The van der Waals surface area contributed by atoms with Crippen LogP contribution in [-0.2, 0) is 15.0 Å². The van der Waals surface area contributed by atoms with Crippen molar-refractivity contribution in [2.24, 2.45) is 0 Å². The molecule has 0 saturated carbocycles. The van der Waals surface area contributed by atoms with Crippen LogP contribution in [0.2, 0.25) is 5.02 Å². The van der Waals surface area contributed by atoms with Gasteiger partial charge in [-0.05, 0) is 46.9 Å². The molecule has 0 aromatic heterocycles. The Hall–Kier alpha value is -3.12. The molecule has 1 aliphatic heterocycles. The summed E-state index contributed by atoms with van der Waals surface area (Å²) in [5, 5.41) is 5.70. The van der Waals surface area contributed by atoms with E-state index in [1.165, 1.54) is 5.56 Å². The largest absolute Gasteiger partial charge is 0.329 e. The summed E-state index contributed by atoms with van der Waals surface area (Å²) < 4.78 is 0. The van der Waals surface area contributed by atoms with Gasteiger partial charge in [0.05, 0.1) is 0 Å². The van der Waals surface area contributed by atoms with Crippen molar-refractivity contribution in [3.8, 4) is 0 Å². The SMILES string of the molecule is CC(C)(C)c1ccc(/C=C2\NC(=O)N(CC(=O)Nc3ccc(Cl)cc3)C2=O)cc1. The minimum Gasteiger partial charge on any atom is -0.325 e. The van der Waals surface area contributed by atoms with Crippen LogP contribution in [0.3, 0.4) is 0 Å². The highest BCUT2D eigenvalue weighted by Crippen LogP contribution is 2.23. The van der Waals surface area contributed by atoms with Gasteiger partial charge in [0, 0.05) is 10.7 Å². The van der Waals surface area contributed by atoms with E-state index in [2.05, 4.69) is 31.4 Å². The third-order valence-electron chi connectivity index (χ3n) is 4.48. The topological polar surface area (TPSA) is 78.5 Å². The Balaban J connectivity index is 1.68. The van der Waals surface area contributed by atoms with E-state index in [0.29, 0.717) is 10.7 Å². The van der Waals surface area contributed by atoms with Gasteiger partial charge in [0.2, 0.25) is 5.91 Å². The molecule has 0 spiro atoms. The molecule has 4 amide bonds. The second-order valence-corrected chi connectivity index (χ2v) is 8.24. The van der Waals surface area contributed by atoms with E-state index >= 15 is 0 Å². The second-order valence-electron chi connectivity index (χ2n) is 7.81. The first kappa shape index (κ1) is 20.6. The summed E-state index contributed by atoms with van der Waals surface area (Å²) in [4.78, 5) is 37.8. The number of benzene rings is 2. The number of imide groups is 1. The smallest absolute Gasteiger partial charge is 0.325 e. The summed E-state index contributed by atoms with van der Waals surface area (Å²) in [7, 11) is 0. The molecule has 1 heterocycles. The van der Waals surface area contributed by atoms with Crippen molar-refractivity contribution in [3.05, 3.63) is 70.4 Å². The minimum absolute atomic E-state index is 0.0251. The number of amides is 4. The molecule has 2 aromatic rings. The quantitative estimate of drug-likeness (QED) is 0.585. The summed E-state index contributed by atoms with van der Waals surface area (Å²) in [5.74, 6) is -1.02. The van der Waals surface area contributed by atoms with Gasteiger partial charge in [0.25, 0.3) is 5.91 Å². The fourth-order valence-electron chi connectivity index (χ4n) is 2.84. The van der Waals surface area contributed by atoms with E-state index in [1.807, 2.05) is 24.3 Å². The first-order valence-electron chi connectivity index (χ1n) is 9.14. The molecule has 1 aliphatic rings. The molecular formula is C22H22ClN3O3. The van der Waals surface area contributed by atoms with Gasteiger partial charge in [-0.2, -0.15) is 0 Å². The summed E-state index contributed by atoms with van der Waals surface area (Å²) in [5.41, 5.74) is 2.65. The molecular weight excluding hydrogens is 390 g/mol. The normalized spacial score (nSPS) is 15.6. The zero-order valence-corrected chi connectivity index (χ0v) is 17.2. The average Bonchev–Trinajstić information content (AvgIpc) is 2.91. The van der Waals surface area contributed by atoms with Crippen LogP contribution in [0, 0.1) is 0 Å². The predicted octanol–water partition coefficient (Wildman–Crippen LogP) is 4.17. The molecule has 7 heteroatoms. The molecule has 150 valence electrons. The van der Waals surface area contributed by atoms with Crippen molar-refractivity contribution in [2.75, 3.05) is 11.9 Å². The number of anilines is 1. The summed E-state index contributed by atoms with van der Waals surface area (Å²) >= 11 is 5.81. The van der Waals surface area contributed by atoms with E-state index in [0.717, 1.165) is 10.5 Å². The number of rotatable bonds is 4. The lowest BCUT2D eigenvalue weighted by atomic mass is 9.87. The van der Waals surface area contributed by atoms with Crippen LogP contribution in [0.4, 0.5) is 10.5 Å². The number of urea groups is 1. The highest BCUT2D eigenvalue weighted by molar-refractivity contribution is 6.30. The Morgan fingerprint density at radius 2 is 1.69 bits per heavy atom. The minimum atomic E-state index is -0.626. The number of nitrogens with one attached hydrogen (secondary N) is 2. The fraction of sp³-hybridized carbons (Fsp3) is 0.227. The van der Waals surface area contributed by atoms with Gasteiger partial charge in [0.15, 0.2) is 0 Å². The molecule has 1 saturated heterocycles. The zero-order chi connectivity index (χ0) is 21.2. The maximum Gasteiger partial charge on any atom is 0.329 e. The Morgan fingerprint density at radius 3 is 2.28 bits per heavy atom. The summed E-state index contributed by atoms with van der Waals surface area (Å²) in [6.07, 6.45) is 1.60. The van der Waals surface area contributed by atoms with Gasteiger partial charge >= 0.3 is 6.03 Å². The average molecular weight is 412 g/mol. The second kappa shape index (κ2) is 8.09. The summed E-state index contributed by atoms with van der Waals surface area (Å²) in [6.45, 7) is 5.98. The van der Waals surface area contributed by atoms with Crippen LogP contribution in [0.15, 0.2) is 54.2 Å². The van der Waals surface area contributed by atoms with Crippen molar-refractivity contribution in [3.63, 3.8) is 0 Å². The third kappa shape index (κ3) is 5.03. The lowest BCUT2D eigenvalue weighted by Gasteiger charge is -2.18. The van der Waals surface area contributed by atoms with Gasteiger partial charge in [-0.3, -0.25) is 9.59 Å². The van der Waals surface area contributed by atoms with E-state index < -0.39 is 17.8 Å². The molecule has 0 atom stereocenters. The molecule has 0 aliphatic carbocycles. The lowest BCUT2D eigenvalue weighted by molar-refractivity contribution is -0.127. The monoisotopic (exact) mass is 411 g/mol. The van der Waals surface area contributed by atoms with Crippen LogP contribution in [0.5, 0.6) is 0 Å². The van der Waals surface area contributed by atoms with Crippen LogP contribution < -0.4 is 10.6 Å². The molecule has 29 heavy (non-hydrogen) atoms. The molecule has 2 N–H and O–H groups in total. The van der Waals surface area contributed by atoms with Crippen molar-refractivity contribution in [2.45, 2.75) is 26.2 Å². The summed E-state index contributed by atoms with van der Waals surface area (Å²) in [6, 6.07) is 13.7. The molecule has 0 unspecified atom stereocenters. The number of nitrogens with zero attached hydrogens (tertiary/aromatic N) is 1. The van der Waals surface area contributed by atoms with E-state index in [4.69, 9.17) is 11.6 Å². The molecule has 0 radical (unpaired) electrons. The third-order valence-corrected chi connectivity index (χ3v) is 4.73. The maximum absolute atomic E-state index is 12.6. The molecule has 0 bridgehead atoms. The highest BCUT2D eigenvalue weighted by Gasteiger charge is 2.34. The molecule has 2 aromatic carbocycles. The molecule has 6 nitrogen and oxygen atoms in total. The van der Waals surface area contributed by atoms with Crippen LogP contribution in [0.1, 0.15) is 31.9 Å². The Bertz CT molecular complexity index is 974. The van der Waals surface area contributed by atoms with Crippen molar-refractivity contribution < 1.29 is 14.4 Å². The lowest BCUT2D eigenvalue weighted by Crippen LogP contribution is -2.38. The van der Waals surface area contributed by atoms with Crippen LogP contribution >= 0.6 is 11.6 Å². The first-order chi connectivity index (χ1) is 13.6. The van der Waals surface area contributed by atoms with Crippen molar-refractivity contribution in [1.29, 1.82) is 0 Å². The standard InChI is InChI=1S/C22H22ClN3O3/c1-22(2,3)15-6-4-14(5-7-15)12-18-20(28)26(21(29)25-18)13-19(27)24-17-10-8-16(23)9-11-17/h4-12H,13H2,1-3H3,(H,24,27)(H,25,29)/b18-12-.